The van der Waals surface area contributed by atoms with Crippen molar-refractivity contribution in [3.8, 4) is 5.69 Å². The third kappa shape index (κ3) is 3.33. The van der Waals surface area contributed by atoms with Gasteiger partial charge in [-0.25, -0.2) is 4.68 Å². The van der Waals surface area contributed by atoms with E-state index in [1.165, 1.54) is 10.2 Å². The first-order chi connectivity index (χ1) is 16.2. The summed E-state index contributed by atoms with van der Waals surface area (Å²) in [5, 5.41) is 25.6. The zero-order valence-electron chi connectivity index (χ0n) is 19.8. The minimum Gasteiger partial charge on any atom is -0.392 e. The van der Waals surface area contributed by atoms with E-state index in [0.29, 0.717) is 12.0 Å². The number of aromatic amines is 1. The van der Waals surface area contributed by atoms with Gasteiger partial charge in [-0.2, -0.15) is 0 Å². The Balaban J connectivity index is 1.49. The van der Waals surface area contributed by atoms with Gasteiger partial charge in [0, 0.05) is 51.4 Å². The number of para-hydroxylation sites is 1. The Kier molecular flexibility index (Phi) is 5.62. The summed E-state index contributed by atoms with van der Waals surface area (Å²) in [6, 6.07) is 15.6. The van der Waals surface area contributed by atoms with E-state index in [4.69, 9.17) is 0 Å². The van der Waals surface area contributed by atoms with Crippen LogP contribution in [-0.4, -0.2) is 39.2 Å². The Morgan fingerprint density at radius 1 is 1.12 bits per heavy atom. The maximum absolute atomic E-state index is 13.3. The number of aryl methyl sites for hydroxylation is 1. The van der Waals surface area contributed by atoms with Gasteiger partial charge >= 0.3 is 0 Å². The van der Waals surface area contributed by atoms with Crippen LogP contribution in [0.5, 0.6) is 0 Å². The second kappa shape index (κ2) is 8.26. The maximum Gasteiger partial charge on any atom is 0.275 e. The third-order valence-electron chi connectivity index (χ3n) is 7.58. The molecular weight excluding hydrogens is 494 g/mol. The number of H-pyrrole nitrogens is 1. The van der Waals surface area contributed by atoms with Gasteiger partial charge in [0.25, 0.3) is 5.56 Å². The van der Waals surface area contributed by atoms with Crippen LogP contribution in [0.1, 0.15) is 43.5 Å². The molecule has 1 saturated carbocycles. The topological polar surface area (TPSA) is 81.5 Å². The predicted octanol–water partition coefficient (Wildman–Crippen LogP) is 4.24. The fraction of sp³-hybridized carbons (Fsp3) is 0.370. The first kappa shape index (κ1) is 23.1. The van der Waals surface area contributed by atoms with Gasteiger partial charge in [-0.3, -0.25) is 9.89 Å². The van der Waals surface area contributed by atoms with Crippen LogP contribution in [0, 0.1) is 5.92 Å². The molecule has 1 aromatic heterocycles. The summed E-state index contributed by atoms with van der Waals surface area (Å²) in [7, 11) is 2.02. The van der Waals surface area contributed by atoms with E-state index >= 15 is 0 Å². The monoisotopic (exact) mass is 523 g/mol. The summed E-state index contributed by atoms with van der Waals surface area (Å²) >= 11 is 3.57. The molecule has 3 aromatic rings. The van der Waals surface area contributed by atoms with Crippen LogP contribution in [0.25, 0.3) is 5.69 Å². The highest BCUT2D eigenvalue weighted by atomic mass is 79.9. The van der Waals surface area contributed by atoms with Gasteiger partial charge in [-0.1, -0.05) is 61.0 Å². The zero-order chi connectivity index (χ0) is 24.4. The van der Waals surface area contributed by atoms with Crippen LogP contribution in [0.3, 0.4) is 0 Å². The van der Waals surface area contributed by atoms with E-state index in [1.54, 1.807) is 0 Å². The quantitative estimate of drug-likeness (QED) is 0.477. The van der Waals surface area contributed by atoms with Crippen molar-refractivity contribution < 1.29 is 10.2 Å². The Hall–Kier alpha value is -2.61. The second-order valence-corrected chi connectivity index (χ2v) is 10.7. The highest BCUT2D eigenvalue weighted by molar-refractivity contribution is 9.10. The van der Waals surface area contributed by atoms with Crippen molar-refractivity contribution in [1.82, 2.24) is 9.78 Å². The Labute approximate surface area is 207 Å². The number of anilines is 1. The number of hydrogen-bond donors (Lipinski definition) is 3. The molecular formula is C27H30BrN3O3. The van der Waals surface area contributed by atoms with Gasteiger partial charge < -0.3 is 15.1 Å². The van der Waals surface area contributed by atoms with Crippen molar-refractivity contribution >= 4 is 21.6 Å². The average molecular weight is 524 g/mol. The zero-order valence-corrected chi connectivity index (χ0v) is 21.4. The molecule has 2 aliphatic rings. The summed E-state index contributed by atoms with van der Waals surface area (Å²) in [5.74, 6) is -1.08. The van der Waals surface area contributed by atoms with E-state index in [9.17, 15) is 15.0 Å². The maximum atomic E-state index is 13.3. The van der Waals surface area contributed by atoms with E-state index in [0.717, 1.165) is 27.2 Å². The first-order valence-corrected chi connectivity index (χ1v) is 12.5. The molecule has 2 unspecified atom stereocenters. The number of aliphatic hydroxyl groups is 2. The van der Waals surface area contributed by atoms with Crippen LogP contribution >= 0.6 is 15.9 Å². The van der Waals surface area contributed by atoms with Crippen molar-refractivity contribution in [1.29, 1.82) is 0 Å². The van der Waals surface area contributed by atoms with Crippen molar-refractivity contribution in [3.05, 3.63) is 92.0 Å². The number of benzene rings is 2. The highest BCUT2D eigenvalue weighted by Crippen LogP contribution is 2.51. The van der Waals surface area contributed by atoms with Crippen molar-refractivity contribution in [2.75, 3.05) is 11.9 Å². The molecule has 5 rings (SSSR count). The molecule has 2 atom stereocenters. The molecule has 34 heavy (non-hydrogen) atoms. The van der Waals surface area contributed by atoms with Crippen molar-refractivity contribution in [2.45, 2.75) is 50.7 Å². The van der Waals surface area contributed by atoms with Gasteiger partial charge in [-0.05, 0) is 42.3 Å². The predicted molar refractivity (Wildman–Crippen MR) is 138 cm³/mol. The summed E-state index contributed by atoms with van der Waals surface area (Å²) < 4.78 is 2.52. The Bertz CT molecular complexity index is 1310. The fourth-order valence-electron chi connectivity index (χ4n) is 5.63. The number of likely N-dealkylation sites (N-methyl/N-ethyl adjacent to an activating group) is 1. The number of allylic oxidation sites excluding steroid dienone is 1. The lowest BCUT2D eigenvalue weighted by atomic mass is 9.64. The van der Waals surface area contributed by atoms with Crippen LogP contribution in [0.2, 0.25) is 0 Å². The minimum absolute atomic E-state index is 0.215. The molecule has 7 heteroatoms. The molecule has 1 aliphatic heterocycles. The molecule has 2 heterocycles. The molecule has 178 valence electrons. The molecule has 0 saturated heterocycles. The normalized spacial score (nSPS) is 26.6. The number of nitrogens with one attached hydrogen (secondary N) is 1. The number of aromatic nitrogens is 2. The summed E-state index contributed by atoms with van der Waals surface area (Å²) in [6.45, 7) is 6.27. The van der Waals surface area contributed by atoms with Crippen LogP contribution in [-0.2, 0) is 11.8 Å². The van der Waals surface area contributed by atoms with E-state index in [-0.39, 0.29) is 11.0 Å². The van der Waals surface area contributed by atoms with Crippen molar-refractivity contribution in [3.63, 3.8) is 0 Å². The summed E-state index contributed by atoms with van der Waals surface area (Å²) in [6.07, 6.45) is 0.903. The number of fused-ring (bicyclic) bond motifs is 1. The summed E-state index contributed by atoms with van der Waals surface area (Å²) in [4.78, 5) is 15.5. The number of aliphatic hydroxyl groups excluding tert-OH is 2. The Morgan fingerprint density at radius 3 is 2.44 bits per heavy atom. The smallest absolute Gasteiger partial charge is 0.275 e. The van der Waals surface area contributed by atoms with E-state index in [1.807, 2.05) is 56.4 Å². The lowest BCUT2D eigenvalue weighted by molar-refractivity contribution is -0.0953. The van der Waals surface area contributed by atoms with Gasteiger partial charge in [0.1, 0.15) is 0 Å². The SMILES string of the molecule is CCc1[nH]n(-c2ccccc2)c(=O)c1C1C(O)C(C=C2N(C)c3ccc(Br)cc3C2(C)C)C1O. The standard InChI is InChI=1S/C27H30BrN3O3/c1-5-19-22(26(34)31(29-19)16-9-7-6-8-10-16)23-24(32)17(25(23)33)14-21-27(2,3)18-13-15(28)11-12-20(18)30(21)4/h6-14,17,23-25,29,32-33H,5H2,1-4H3. The van der Waals surface area contributed by atoms with Gasteiger partial charge in [-0.15, -0.1) is 0 Å². The van der Waals surface area contributed by atoms with Gasteiger partial charge in [0.05, 0.1) is 17.9 Å². The molecule has 1 fully saturated rings. The summed E-state index contributed by atoms with van der Waals surface area (Å²) in [5.41, 5.74) is 4.81. The molecule has 0 bridgehead atoms. The first-order valence-electron chi connectivity index (χ1n) is 11.7. The number of hydrogen-bond acceptors (Lipinski definition) is 4. The van der Waals surface area contributed by atoms with Crippen LogP contribution in [0.15, 0.2) is 69.6 Å². The molecule has 0 spiro atoms. The van der Waals surface area contributed by atoms with E-state index < -0.39 is 24.0 Å². The molecule has 6 nitrogen and oxygen atoms in total. The molecule has 3 N–H and O–H groups in total. The van der Waals surface area contributed by atoms with E-state index in [2.05, 4.69) is 51.9 Å². The molecule has 1 aliphatic carbocycles. The third-order valence-corrected chi connectivity index (χ3v) is 8.07. The number of rotatable bonds is 4. The second-order valence-electron chi connectivity index (χ2n) is 9.82. The van der Waals surface area contributed by atoms with Gasteiger partial charge in [0.2, 0.25) is 0 Å². The lowest BCUT2D eigenvalue weighted by Crippen LogP contribution is -2.54. The largest absolute Gasteiger partial charge is 0.392 e. The molecule has 0 radical (unpaired) electrons. The number of halogens is 1. The minimum atomic E-state index is -0.847. The fourth-order valence-corrected chi connectivity index (χ4v) is 6.00. The average Bonchev–Trinajstić information content (AvgIpc) is 3.24. The van der Waals surface area contributed by atoms with Gasteiger partial charge in [0.15, 0.2) is 0 Å². The Morgan fingerprint density at radius 2 is 1.79 bits per heavy atom. The van der Waals surface area contributed by atoms with Crippen LogP contribution in [0.4, 0.5) is 5.69 Å². The van der Waals surface area contributed by atoms with Crippen molar-refractivity contribution in [2.24, 2.45) is 5.92 Å². The molecule has 2 aromatic carbocycles. The molecule has 0 amide bonds. The lowest BCUT2D eigenvalue weighted by Gasteiger charge is -2.45. The highest BCUT2D eigenvalue weighted by Gasteiger charge is 2.52. The van der Waals surface area contributed by atoms with Crippen LogP contribution < -0.4 is 10.5 Å². The number of nitrogens with zero attached hydrogens (tertiary/aromatic N) is 2.